The molecule has 3 aromatic heterocycles. The molecule has 6 heterocycles. The normalized spacial score (nSPS) is 23.5. The fourth-order valence-electron chi connectivity index (χ4n) is 9.34. The number of benzene rings is 3. The average molecular weight is 764 g/mol. The van der Waals surface area contributed by atoms with Crippen molar-refractivity contribution < 1.29 is 18.4 Å². The van der Waals surface area contributed by atoms with E-state index >= 15 is 4.39 Å². The second-order valence-electron chi connectivity index (χ2n) is 15.4. The van der Waals surface area contributed by atoms with Crippen LogP contribution in [-0.2, 0) is 22.6 Å². The Bertz CT molecular complexity index is 2540. The number of nitrogens with zero attached hydrogens (tertiary/aromatic N) is 5. The molecule has 54 heavy (non-hydrogen) atoms. The van der Waals surface area contributed by atoms with Gasteiger partial charge in [-0.25, -0.2) is 9.37 Å². The highest BCUT2D eigenvalue weighted by Crippen LogP contribution is 2.51. The maximum atomic E-state index is 17.2. The van der Waals surface area contributed by atoms with Crippen molar-refractivity contribution in [1.29, 1.82) is 5.26 Å². The molecule has 5 unspecified atom stereocenters. The molecule has 3 aliphatic heterocycles. The number of aryl methyl sites for hydroxylation is 2. The van der Waals surface area contributed by atoms with Crippen LogP contribution in [0.4, 0.5) is 4.39 Å². The molecule has 1 N–H and O–H groups in total. The van der Waals surface area contributed by atoms with Crippen molar-refractivity contribution in [3.8, 4) is 17.2 Å². The minimum atomic E-state index is -0.487. The van der Waals surface area contributed by atoms with E-state index in [4.69, 9.17) is 37.4 Å². The molecule has 11 rings (SSSR count). The first-order valence-corrected chi connectivity index (χ1v) is 19.5. The van der Waals surface area contributed by atoms with Crippen molar-refractivity contribution in [2.75, 3.05) is 13.1 Å². The zero-order chi connectivity index (χ0) is 36.8. The fraction of sp³-hybridized carbons (Fsp3) is 0.381. The van der Waals surface area contributed by atoms with Gasteiger partial charge in [-0.05, 0) is 74.4 Å². The molecule has 9 nitrogen and oxygen atoms in total. The zero-order valence-electron chi connectivity index (χ0n) is 29.6. The summed E-state index contributed by atoms with van der Waals surface area (Å²) in [6.07, 6.45) is 3.79. The molecule has 2 bridgehead atoms. The van der Waals surface area contributed by atoms with E-state index in [1.54, 1.807) is 18.2 Å². The third-order valence-electron chi connectivity index (χ3n) is 12.2. The number of amides is 1. The summed E-state index contributed by atoms with van der Waals surface area (Å²) in [6.45, 7) is 3.58. The molecule has 2 aliphatic carbocycles. The van der Waals surface area contributed by atoms with Crippen LogP contribution in [0.15, 0.2) is 59.1 Å². The summed E-state index contributed by atoms with van der Waals surface area (Å²) in [4.78, 5) is 21.0. The van der Waals surface area contributed by atoms with E-state index in [0.717, 1.165) is 53.5 Å². The minimum Gasteiger partial charge on any atom is -0.370 e. The fourth-order valence-corrected chi connectivity index (χ4v) is 9.74. The average Bonchev–Trinajstić information content (AvgIpc) is 3.60. The van der Waals surface area contributed by atoms with Crippen LogP contribution in [0.3, 0.4) is 0 Å². The first-order valence-electron chi connectivity index (χ1n) is 18.8. The lowest BCUT2D eigenvalue weighted by atomic mass is 9.79. The van der Waals surface area contributed by atoms with Gasteiger partial charge >= 0.3 is 0 Å². The molecule has 2 saturated carbocycles. The molecular formula is C42H37Cl2FN6O3. The van der Waals surface area contributed by atoms with E-state index in [2.05, 4.69) is 27.2 Å². The number of fused-ring (bicyclic) bond motifs is 5. The second kappa shape index (κ2) is 13.1. The Morgan fingerprint density at radius 1 is 1.11 bits per heavy atom. The number of nitrogens with one attached hydrogen (secondary N) is 1. The molecule has 12 heteroatoms. The Morgan fingerprint density at radius 2 is 1.96 bits per heavy atom. The predicted octanol–water partition coefficient (Wildman–Crippen LogP) is 9.01. The first kappa shape index (κ1) is 34.0. The standard InChI is InChI=1S/C42H37Cl2FN6O3/c1-21-28-17-34(33-16-25(19-50(33)42(52)22-11-12-22)53-20-32-26-7-2-3-10-35(26)54-49-32)51(40-24-15-31(40)47-18-24)41(28)29-14-23(6-5-13-46)36(38(45)39(29)48-21)27-8-4-9-30(43)37(27)44/h2-4,7-10,14,17,22,24-25,31,33,40,47H,5-6,11-12,15-16,18-20H2,1H3. The van der Waals surface area contributed by atoms with Gasteiger partial charge in [-0.15, -0.1) is 0 Å². The number of rotatable bonds is 9. The van der Waals surface area contributed by atoms with Gasteiger partial charge in [-0.2, -0.15) is 5.26 Å². The third-order valence-corrected chi connectivity index (χ3v) is 13.0. The SMILES string of the molecule is Cc1nc2c(F)c(-c3cccc(Cl)c3Cl)c(CCC#N)cc2c2c1cc(C1CC(OCc3noc4ccccc34)CN1C(=O)C1CC1)n2C1C2CNC1C2. The summed E-state index contributed by atoms with van der Waals surface area (Å²) in [7, 11) is 0. The predicted molar refractivity (Wildman–Crippen MR) is 205 cm³/mol. The molecule has 0 radical (unpaired) electrons. The van der Waals surface area contributed by atoms with E-state index in [9.17, 15) is 10.1 Å². The molecule has 1 amide bonds. The third kappa shape index (κ3) is 5.35. The quantitative estimate of drug-likeness (QED) is 0.157. The molecule has 3 saturated heterocycles. The Labute approximate surface area is 320 Å². The summed E-state index contributed by atoms with van der Waals surface area (Å²) in [6, 6.07) is 19.5. The Morgan fingerprint density at radius 3 is 2.74 bits per heavy atom. The monoisotopic (exact) mass is 762 g/mol. The topological polar surface area (TPSA) is 109 Å². The van der Waals surface area contributed by atoms with Crippen LogP contribution < -0.4 is 5.32 Å². The molecule has 6 aromatic rings. The Kier molecular flexibility index (Phi) is 8.22. The second-order valence-corrected chi connectivity index (χ2v) is 16.1. The Hall–Kier alpha value is -4.53. The smallest absolute Gasteiger partial charge is 0.226 e. The van der Waals surface area contributed by atoms with Crippen molar-refractivity contribution >= 4 is 61.9 Å². The van der Waals surface area contributed by atoms with E-state index < -0.39 is 5.82 Å². The number of ether oxygens (including phenoxy) is 1. The van der Waals surface area contributed by atoms with Crippen LogP contribution in [0.1, 0.15) is 66.8 Å². The van der Waals surface area contributed by atoms with Crippen molar-refractivity contribution in [2.24, 2.45) is 11.8 Å². The van der Waals surface area contributed by atoms with E-state index in [0.29, 0.717) is 63.7 Å². The van der Waals surface area contributed by atoms with Gasteiger partial charge in [0.05, 0.1) is 46.4 Å². The Balaban J connectivity index is 1.13. The van der Waals surface area contributed by atoms with Crippen LogP contribution in [0, 0.1) is 35.9 Å². The highest BCUT2D eigenvalue weighted by molar-refractivity contribution is 6.43. The van der Waals surface area contributed by atoms with Crippen LogP contribution in [0.2, 0.25) is 10.0 Å². The summed E-state index contributed by atoms with van der Waals surface area (Å²) in [5.74, 6) is 0.112. The number of carbonyl (C=O) groups excluding carboxylic acids is 1. The van der Waals surface area contributed by atoms with Gasteiger partial charge < -0.3 is 24.0 Å². The van der Waals surface area contributed by atoms with E-state index in [-0.39, 0.29) is 59.6 Å². The van der Waals surface area contributed by atoms with Gasteiger partial charge in [-0.3, -0.25) is 4.79 Å². The van der Waals surface area contributed by atoms with Crippen LogP contribution in [-0.4, -0.2) is 50.8 Å². The molecule has 3 aromatic carbocycles. The van der Waals surface area contributed by atoms with Crippen LogP contribution in [0.25, 0.3) is 43.9 Å². The van der Waals surface area contributed by atoms with Crippen LogP contribution >= 0.6 is 23.2 Å². The summed E-state index contributed by atoms with van der Waals surface area (Å²) >= 11 is 13.1. The van der Waals surface area contributed by atoms with Gasteiger partial charge in [0.15, 0.2) is 11.4 Å². The minimum absolute atomic E-state index is 0.0304. The molecule has 274 valence electrons. The van der Waals surface area contributed by atoms with Crippen molar-refractivity contribution in [3.05, 3.63) is 93.1 Å². The lowest BCUT2D eigenvalue weighted by Gasteiger charge is -2.39. The number of nitriles is 1. The number of para-hydroxylation sites is 1. The summed E-state index contributed by atoms with van der Waals surface area (Å²) in [5, 5.41) is 20.7. The number of halogens is 3. The lowest BCUT2D eigenvalue weighted by Crippen LogP contribution is -2.41. The molecule has 0 spiro atoms. The molecule has 5 fully saturated rings. The first-order chi connectivity index (χ1) is 26.3. The number of carbonyl (C=O) groups is 1. The maximum absolute atomic E-state index is 17.2. The van der Waals surface area contributed by atoms with Crippen molar-refractivity contribution in [1.82, 2.24) is 24.9 Å². The molecule has 5 aliphatic rings. The largest absolute Gasteiger partial charge is 0.370 e. The summed E-state index contributed by atoms with van der Waals surface area (Å²) in [5.41, 5.74) is 5.79. The van der Waals surface area contributed by atoms with E-state index in [1.165, 1.54) is 0 Å². The molecule has 5 atom stereocenters. The number of likely N-dealkylation sites (tertiary alicyclic amines) is 1. The van der Waals surface area contributed by atoms with Gasteiger partial charge in [0.1, 0.15) is 11.2 Å². The zero-order valence-corrected chi connectivity index (χ0v) is 31.1. The van der Waals surface area contributed by atoms with Crippen molar-refractivity contribution in [3.63, 3.8) is 0 Å². The maximum Gasteiger partial charge on any atom is 0.226 e. The van der Waals surface area contributed by atoms with Gasteiger partial charge in [-0.1, -0.05) is 52.6 Å². The number of hydrogen-bond donors (Lipinski definition) is 1. The summed E-state index contributed by atoms with van der Waals surface area (Å²) < 4.78 is 31.7. The number of hydrogen-bond acceptors (Lipinski definition) is 7. The lowest BCUT2D eigenvalue weighted by molar-refractivity contribution is -0.134. The van der Waals surface area contributed by atoms with Gasteiger partial charge in [0.25, 0.3) is 0 Å². The number of aromatic nitrogens is 3. The highest BCUT2D eigenvalue weighted by Gasteiger charge is 2.51. The van der Waals surface area contributed by atoms with Crippen molar-refractivity contribution in [2.45, 2.75) is 76.3 Å². The number of pyridine rings is 1. The van der Waals surface area contributed by atoms with Gasteiger partial charge in [0.2, 0.25) is 5.91 Å². The molecular weight excluding hydrogens is 726 g/mol. The highest BCUT2D eigenvalue weighted by atomic mass is 35.5. The van der Waals surface area contributed by atoms with E-state index in [1.807, 2.05) is 42.2 Å². The van der Waals surface area contributed by atoms with Gasteiger partial charge in [0, 0.05) is 76.6 Å². The van der Waals surface area contributed by atoms with Crippen LogP contribution in [0.5, 0.6) is 0 Å².